The van der Waals surface area contributed by atoms with Gasteiger partial charge in [-0.3, -0.25) is 9.78 Å². The molecule has 21 heavy (non-hydrogen) atoms. The molecule has 0 unspecified atom stereocenters. The Balaban J connectivity index is 1.86. The van der Waals surface area contributed by atoms with E-state index in [1.807, 2.05) is 0 Å². The number of amides is 1. The van der Waals surface area contributed by atoms with Gasteiger partial charge >= 0.3 is 5.97 Å². The average Bonchev–Trinajstić information content (AvgIpc) is 2.47. The number of aromatic nitrogens is 1. The summed E-state index contributed by atoms with van der Waals surface area (Å²) < 4.78 is 0. The van der Waals surface area contributed by atoms with E-state index in [2.05, 4.69) is 10.3 Å². The standard InChI is InChI=1S/C15H13ClN2O3/c16-12-6-8-17-13(9-12)14(19)18-7-5-10-1-3-11(4-2-10)15(20)21/h1-4,6,8-9H,5,7H2,(H,18,19)(H,20,21). The first-order valence-corrected chi connectivity index (χ1v) is 6.66. The summed E-state index contributed by atoms with van der Waals surface area (Å²) in [5.74, 6) is -1.25. The number of carboxylic acid groups (broad SMARTS) is 1. The van der Waals surface area contributed by atoms with Crippen LogP contribution in [0.15, 0.2) is 42.6 Å². The van der Waals surface area contributed by atoms with E-state index < -0.39 is 5.97 Å². The maximum absolute atomic E-state index is 11.8. The second kappa shape index (κ2) is 6.85. The van der Waals surface area contributed by atoms with E-state index in [-0.39, 0.29) is 17.2 Å². The van der Waals surface area contributed by atoms with Crippen LogP contribution >= 0.6 is 11.6 Å². The van der Waals surface area contributed by atoms with E-state index >= 15 is 0 Å². The van der Waals surface area contributed by atoms with Crippen molar-refractivity contribution in [2.45, 2.75) is 6.42 Å². The molecule has 0 saturated heterocycles. The number of carbonyl (C=O) groups excluding carboxylic acids is 1. The fourth-order valence-corrected chi connectivity index (χ4v) is 1.91. The van der Waals surface area contributed by atoms with E-state index in [1.54, 1.807) is 18.2 Å². The maximum Gasteiger partial charge on any atom is 0.335 e. The number of aromatic carboxylic acids is 1. The van der Waals surface area contributed by atoms with E-state index in [0.717, 1.165) is 5.56 Å². The number of pyridine rings is 1. The monoisotopic (exact) mass is 304 g/mol. The molecule has 0 aliphatic heterocycles. The first-order chi connectivity index (χ1) is 10.1. The third-order valence-corrected chi connectivity index (χ3v) is 3.09. The highest BCUT2D eigenvalue weighted by molar-refractivity contribution is 6.30. The van der Waals surface area contributed by atoms with Crippen molar-refractivity contribution in [3.05, 3.63) is 64.4 Å². The summed E-state index contributed by atoms with van der Waals surface area (Å²) in [6.07, 6.45) is 2.08. The van der Waals surface area contributed by atoms with Gasteiger partial charge < -0.3 is 10.4 Å². The lowest BCUT2D eigenvalue weighted by Crippen LogP contribution is -2.26. The highest BCUT2D eigenvalue weighted by atomic mass is 35.5. The molecule has 0 saturated carbocycles. The normalized spacial score (nSPS) is 10.1. The Labute approximate surface area is 126 Å². The van der Waals surface area contributed by atoms with Gasteiger partial charge in [0.25, 0.3) is 5.91 Å². The van der Waals surface area contributed by atoms with Gasteiger partial charge in [-0.05, 0) is 36.2 Å². The maximum atomic E-state index is 11.8. The molecule has 2 rings (SSSR count). The highest BCUT2D eigenvalue weighted by Gasteiger charge is 2.07. The average molecular weight is 305 g/mol. The smallest absolute Gasteiger partial charge is 0.335 e. The lowest BCUT2D eigenvalue weighted by atomic mass is 10.1. The van der Waals surface area contributed by atoms with Crippen molar-refractivity contribution < 1.29 is 14.7 Å². The molecule has 6 heteroatoms. The number of carboxylic acids is 1. The summed E-state index contributed by atoms with van der Waals surface area (Å²) in [6.45, 7) is 0.430. The quantitative estimate of drug-likeness (QED) is 0.889. The third kappa shape index (κ3) is 4.29. The Hall–Kier alpha value is -2.40. The Morgan fingerprint density at radius 3 is 2.52 bits per heavy atom. The van der Waals surface area contributed by atoms with Crippen LogP contribution in [0.4, 0.5) is 0 Å². The van der Waals surface area contributed by atoms with Gasteiger partial charge in [0.15, 0.2) is 0 Å². The second-order valence-corrected chi connectivity index (χ2v) is 4.80. The van der Waals surface area contributed by atoms with E-state index in [1.165, 1.54) is 24.4 Å². The molecule has 1 aromatic heterocycles. The summed E-state index contributed by atoms with van der Waals surface area (Å²) in [5.41, 5.74) is 1.45. The predicted octanol–water partition coefficient (Wildman–Crippen LogP) is 2.41. The molecule has 2 N–H and O–H groups in total. The fraction of sp³-hybridized carbons (Fsp3) is 0.133. The van der Waals surface area contributed by atoms with Gasteiger partial charge in [-0.25, -0.2) is 4.79 Å². The van der Waals surface area contributed by atoms with Crippen molar-refractivity contribution in [3.8, 4) is 0 Å². The molecule has 0 aliphatic rings. The zero-order valence-corrected chi connectivity index (χ0v) is 11.8. The van der Waals surface area contributed by atoms with E-state index in [4.69, 9.17) is 16.7 Å². The summed E-state index contributed by atoms with van der Waals surface area (Å²) in [4.78, 5) is 26.5. The SMILES string of the molecule is O=C(O)c1ccc(CCNC(=O)c2cc(Cl)ccn2)cc1. The van der Waals surface area contributed by atoms with Crippen molar-refractivity contribution in [2.24, 2.45) is 0 Å². The molecular formula is C15H13ClN2O3. The van der Waals surface area contributed by atoms with Crippen LogP contribution < -0.4 is 5.32 Å². The third-order valence-electron chi connectivity index (χ3n) is 2.85. The zero-order valence-electron chi connectivity index (χ0n) is 11.0. The number of halogens is 1. The molecule has 0 spiro atoms. The summed E-state index contributed by atoms with van der Waals surface area (Å²) >= 11 is 5.79. The summed E-state index contributed by atoms with van der Waals surface area (Å²) in [5, 5.41) is 12.0. The van der Waals surface area contributed by atoms with Crippen molar-refractivity contribution in [1.82, 2.24) is 10.3 Å². The molecule has 0 bridgehead atoms. The molecule has 108 valence electrons. The molecule has 2 aromatic rings. The Morgan fingerprint density at radius 2 is 1.90 bits per heavy atom. The minimum atomic E-state index is -0.957. The summed E-state index contributed by atoms with van der Waals surface area (Å²) in [7, 11) is 0. The van der Waals surface area contributed by atoms with Gasteiger partial charge in [-0.2, -0.15) is 0 Å². The molecule has 1 amide bonds. The zero-order chi connectivity index (χ0) is 15.2. The Kier molecular flexibility index (Phi) is 4.90. The van der Waals surface area contributed by atoms with Crippen LogP contribution in [-0.4, -0.2) is 28.5 Å². The number of nitrogens with zero attached hydrogens (tertiary/aromatic N) is 1. The highest BCUT2D eigenvalue weighted by Crippen LogP contribution is 2.08. The van der Waals surface area contributed by atoms with Crippen molar-refractivity contribution in [2.75, 3.05) is 6.54 Å². The van der Waals surface area contributed by atoms with Crippen LogP contribution in [0, 0.1) is 0 Å². The largest absolute Gasteiger partial charge is 0.478 e. The molecule has 1 aromatic carbocycles. The number of rotatable bonds is 5. The van der Waals surface area contributed by atoms with E-state index in [9.17, 15) is 9.59 Å². The van der Waals surface area contributed by atoms with Crippen LogP contribution in [0.2, 0.25) is 5.02 Å². The molecule has 0 radical (unpaired) electrons. The van der Waals surface area contributed by atoms with Gasteiger partial charge in [-0.1, -0.05) is 23.7 Å². The van der Waals surface area contributed by atoms with Crippen molar-refractivity contribution >= 4 is 23.5 Å². The number of carbonyl (C=O) groups is 2. The minimum Gasteiger partial charge on any atom is -0.478 e. The summed E-state index contributed by atoms with van der Waals surface area (Å²) in [6, 6.07) is 9.64. The van der Waals surface area contributed by atoms with Crippen LogP contribution in [-0.2, 0) is 6.42 Å². The number of hydrogen-bond donors (Lipinski definition) is 2. The van der Waals surface area contributed by atoms with Crippen LogP contribution in [0.1, 0.15) is 26.4 Å². The Bertz CT molecular complexity index is 656. The predicted molar refractivity (Wildman–Crippen MR) is 78.7 cm³/mol. The fourth-order valence-electron chi connectivity index (χ4n) is 1.75. The van der Waals surface area contributed by atoms with Crippen LogP contribution in [0.5, 0.6) is 0 Å². The van der Waals surface area contributed by atoms with Gasteiger partial charge in [0, 0.05) is 17.8 Å². The van der Waals surface area contributed by atoms with Gasteiger partial charge in [-0.15, -0.1) is 0 Å². The Morgan fingerprint density at radius 1 is 1.19 bits per heavy atom. The number of nitrogens with one attached hydrogen (secondary N) is 1. The molecule has 0 fully saturated rings. The second-order valence-electron chi connectivity index (χ2n) is 4.37. The molecule has 5 nitrogen and oxygen atoms in total. The van der Waals surface area contributed by atoms with Gasteiger partial charge in [0.05, 0.1) is 5.56 Å². The topological polar surface area (TPSA) is 79.3 Å². The molecule has 1 heterocycles. The minimum absolute atomic E-state index is 0.242. The first kappa shape index (κ1) is 15.0. The van der Waals surface area contributed by atoms with Crippen LogP contribution in [0.25, 0.3) is 0 Å². The first-order valence-electron chi connectivity index (χ1n) is 6.28. The van der Waals surface area contributed by atoms with Crippen molar-refractivity contribution in [3.63, 3.8) is 0 Å². The number of hydrogen-bond acceptors (Lipinski definition) is 3. The van der Waals surface area contributed by atoms with Crippen LogP contribution in [0.3, 0.4) is 0 Å². The van der Waals surface area contributed by atoms with Gasteiger partial charge in [0.2, 0.25) is 0 Å². The molecule has 0 aliphatic carbocycles. The molecule has 0 atom stereocenters. The lowest BCUT2D eigenvalue weighted by molar-refractivity contribution is 0.0696. The molecular weight excluding hydrogens is 292 g/mol. The number of benzene rings is 1. The van der Waals surface area contributed by atoms with E-state index in [0.29, 0.717) is 18.0 Å². The van der Waals surface area contributed by atoms with Crippen molar-refractivity contribution in [1.29, 1.82) is 0 Å². The lowest BCUT2D eigenvalue weighted by Gasteiger charge is -2.05. The van der Waals surface area contributed by atoms with Gasteiger partial charge in [0.1, 0.15) is 5.69 Å².